The minimum absolute atomic E-state index is 0.650. The zero-order valence-electron chi connectivity index (χ0n) is 5.29. The van der Waals surface area contributed by atoms with Gasteiger partial charge in [0.1, 0.15) is 0 Å². The second-order valence-corrected chi connectivity index (χ2v) is 2.33. The highest BCUT2D eigenvalue weighted by Gasteiger charge is 2.14. The quantitative estimate of drug-likeness (QED) is 0.495. The fourth-order valence-corrected chi connectivity index (χ4v) is 0.955. The van der Waals surface area contributed by atoms with Crippen molar-refractivity contribution >= 4 is 0 Å². The largest absolute Gasteiger partial charge is 0.368 e. The van der Waals surface area contributed by atoms with Crippen molar-refractivity contribution < 1.29 is 14.9 Å². The van der Waals surface area contributed by atoms with Gasteiger partial charge < -0.3 is 14.9 Å². The number of aliphatic hydroxyl groups excluding tert-OH is 2. The van der Waals surface area contributed by atoms with Crippen molar-refractivity contribution in [3.63, 3.8) is 0 Å². The molecule has 3 heteroatoms. The van der Waals surface area contributed by atoms with E-state index < -0.39 is 12.6 Å². The SMILES string of the molecule is OC1CCCCC(O)O1. The Hall–Kier alpha value is -0.120. The molecule has 0 amide bonds. The van der Waals surface area contributed by atoms with Crippen LogP contribution in [0.25, 0.3) is 0 Å². The van der Waals surface area contributed by atoms with E-state index in [9.17, 15) is 0 Å². The minimum Gasteiger partial charge on any atom is -0.368 e. The van der Waals surface area contributed by atoms with E-state index in [2.05, 4.69) is 0 Å². The molecule has 9 heavy (non-hydrogen) atoms. The van der Waals surface area contributed by atoms with Crippen LogP contribution in [0.15, 0.2) is 0 Å². The Balaban J connectivity index is 2.29. The molecule has 0 bridgehead atoms. The molecule has 3 nitrogen and oxygen atoms in total. The van der Waals surface area contributed by atoms with E-state index in [1.54, 1.807) is 0 Å². The first-order chi connectivity index (χ1) is 4.29. The van der Waals surface area contributed by atoms with E-state index in [0.29, 0.717) is 12.8 Å². The molecule has 1 aliphatic heterocycles. The molecule has 1 heterocycles. The second-order valence-electron chi connectivity index (χ2n) is 2.33. The van der Waals surface area contributed by atoms with Crippen LogP contribution in [-0.4, -0.2) is 22.8 Å². The second kappa shape index (κ2) is 3.15. The summed E-state index contributed by atoms with van der Waals surface area (Å²) in [5.41, 5.74) is 0. The Morgan fingerprint density at radius 1 is 1.00 bits per heavy atom. The Labute approximate surface area is 54.3 Å². The Morgan fingerprint density at radius 3 is 1.89 bits per heavy atom. The highest BCUT2D eigenvalue weighted by Crippen LogP contribution is 2.14. The zero-order chi connectivity index (χ0) is 6.69. The van der Waals surface area contributed by atoms with Crippen LogP contribution in [0, 0.1) is 0 Å². The van der Waals surface area contributed by atoms with E-state index in [1.165, 1.54) is 0 Å². The summed E-state index contributed by atoms with van der Waals surface area (Å²) in [6.07, 6.45) is 1.69. The van der Waals surface area contributed by atoms with Crippen LogP contribution in [0.3, 0.4) is 0 Å². The standard InChI is InChI=1S/C6H12O3/c7-5-3-1-2-4-6(8)9-5/h5-8H,1-4H2. The molecule has 2 unspecified atom stereocenters. The van der Waals surface area contributed by atoms with Crippen LogP contribution in [0.2, 0.25) is 0 Å². The third-order valence-electron chi connectivity index (χ3n) is 1.47. The van der Waals surface area contributed by atoms with Gasteiger partial charge in [0, 0.05) is 0 Å². The molecule has 0 aliphatic carbocycles. The van der Waals surface area contributed by atoms with Gasteiger partial charge in [-0.1, -0.05) is 0 Å². The van der Waals surface area contributed by atoms with E-state index in [-0.39, 0.29) is 0 Å². The van der Waals surface area contributed by atoms with Gasteiger partial charge in [0.05, 0.1) is 0 Å². The van der Waals surface area contributed by atoms with Gasteiger partial charge in [0.2, 0.25) is 0 Å². The lowest BCUT2D eigenvalue weighted by molar-refractivity contribution is -0.203. The van der Waals surface area contributed by atoms with Gasteiger partial charge in [-0.15, -0.1) is 0 Å². The number of aliphatic hydroxyl groups is 2. The maximum absolute atomic E-state index is 8.88. The van der Waals surface area contributed by atoms with Crippen LogP contribution < -0.4 is 0 Å². The van der Waals surface area contributed by atoms with Crippen LogP contribution in [0.4, 0.5) is 0 Å². The van der Waals surface area contributed by atoms with Crippen LogP contribution >= 0.6 is 0 Å². The van der Waals surface area contributed by atoms with Gasteiger partial charge in [0.25, 0.3) is 0 Å². The molecule has 1 saturated heterocycles. The smallest absolute Gasteiger partial charge is 0.157 e. The maximum atomic E-state index is 8.88. The lowest BCUT2D eigenvalue weighted by atomic mass is 10.2. The van der Waals surface area contributed by atoms with Crippen molar-refractivity contribution in [3.8, 4) is 0 Å². The van der Waals surface area contributed by atoms with Crippen molar-refractivity contribution in [1.29, 1.82) is 0 Å². The third-order valence-corrected chi connectivity index (χ3v) is 1.47. The van der Waals surface area contributed by atoms with Crippen LogP contribution in [0.1, 0.15) is 25.7 Å². The van der Waals surface area contributed by atoms with Gasteiger partial charge in [-0.05, 0) is 25.7 Å². The summed E-state index contributed by atoms with van der Waals surface area (Å²) in [4.78, 5) is 0. The van der Waals surface area contributed by atoms with Gasteiger partial charge in [-0.3, -0.25) is 0 Å². The topological polar surface area (TPSA) is 49.7 Å². The molecule has 1 rings (SSSR count). The Morgan fingerprint density at radius 2 is 1.44 bits per heavy atom. The molecule has 0 aromatic rings. The molecular formula is C6H12O3. The van der Waals surface area contributed by atoms with Crippen molar-refractivity contribution in [3.05, 3.63) is 0 Å². The summed E-state index contributed by atoms with van der Waals surface area (Å²) in [5, 5.41) is 17.8. The van der Waals surface area contributed by atoms with E-state index in [0.717, 1.165) is 12.8 Å². The summed E-state index contributed by atoms with van der Waals surface area (Å²) >= 11 is 0. The fourth-order valence-electron chi connectivity index (χ4n) is 0.955. The number of ether oxygens (including phenoxy) is 1. The molecule has 1 aliphatic rings. The first kappa shape index (κ1) is 6.99. The maximum Gasteiger partial charge on any atom is 0.157 e. The lowest BCUT2D eigenvalue weighted by Crippen LogP contribution is -2.18. The number of rotatable bonds is 0. The minimum atomic E-state index is -0.748. The average molecular weight is 132 g/mol. The highest BCUT2D eigenvalue weighted by molar-refractivity contribution is 4.54. The van der Waals surface area contributed by atoms with Gasteiger partial charge in [-0.2, -0.15) is 0 Å². The van der Waals surface area contributed by atoms with E-state index in [4.69, 9.17) is 14.9 Å². The monoisotopic (exact) mass is 132 g/mol. The number of hydrogen-bond acceptors (Lipinski definition) is 3. The molecule has 0 aromatic heterocycles. The van der Waals surface area contributed by atoms with Crippen LogP contribution in [-0.2, 0) is 4.74 Å². The lowest BCUT2D eigenvalue weighted by Gasteiger charge is -2.10. The summed E-state index contributed by atoms with van der Waals surface area (Å²) in [5.74, 6) is 0. The third kappa shape index (κ3) is 2.30. The van der Waals surface area contributed by atoms with Crippen LogP contribution in [0.5, 0.6) is 0 Å². The predicted molar refractivity (Wildman–Crippen MR) is 31.6 cm³/mol. The average Bonchev–Trinajstić information content (AvgIpc) is 1.93. The van der Waals surface area contributed by atoms with E-state index >= 15 is 0 Å². The number of hydrogen-bond donors (Lipinski definition) is 2. The van der Waals surface area contributed by atoms with Gasteiger partial charge in [0.15, 0.2) is 12.6 Å². The molecule has 0 aromatic carbocycles. The highest BCUT2D eigenvalue weighted by atomic mass is 16.7. The molecule has 2 N–H and O–H groups in total. The summed E-state index contributed by atoms with van der Waals surface area (Å²) < 4.78 is 4.72. The van der Waals surface area contributed by atoms with Crippen molar-refractivity contribution in [1.82, 2.24) is 0 Å². The molecule has 1 fully saturated rings. The first-order valence-electron chi connectivity index (χ1n) is 3.30. The Bertz CT molecular complexity index is 74.4. The molecule has 0 radical (unpaired) electrons. The summed E-state index contributed by atoms with van der Waals surface area (Å²) in [6, 6.07) is 0. The van der Waals surface area contributed by atoms with Gasteiger partial charge >= 0.3 is 0 Å². The predicted octanol–water partition coefficient (Wildman–Crippen LogP) is 0.214. The van der Waals surface area contributed by atoms with Crippen molar-refractivity contribution in [2.75, 3.05) is 0 Å². The van der Waals surface area contributed by atoms with Crippen molar-refractivity contribution in [2.24, 2.45) is 0 Å². The molecule has 0 spiro atoms. The zero-order valence-corrected chi connectivity index (χ0v) is 5.29. The molecule has 54 valence electrons. The normalized spacial score (nSPS) is 38.0. The Kier molecular flexibility index (Phi) is 2.45. The summed E-state index contributed by atoms with van der Waals surface area (Å²) in [7, 11) is 0. The molecule has 2 atom stereocenters. The van der Waals surface area contributed by atoms with Gasteiger partial charge in [-0.25, -0.2) is 0 Å². The first-order valence-corrected chi connectivity index (χ1v) is 3.30. The van der Waals surface area contributed by atoms with E-state index in [1.807, 2.05) is 0 Å². The molecule has 0 saturated carbocycles. The van der Waals surface area contributed by atoms with Crippen molar-refractivity contribution in [2.45, 2.75) is 38.3 Å². The summed E-state index contributed by atoms with van der Waals surface area (Å²) in [6.45, 7) is 0. The fraction of sp³-hybridized carbons (Fsp3) is 1.00. The molecular weight excluding hydrogens is 120 g/mol.